The number of nitrogens with one attached hydrogen (secondary N) is 1. The Kier molecular flexibility index (Phi) is 5.51. The first-order valence-electron chi connectivity index (χ1n) is 8.98. The van der Waals surface area contributed by atoms with Crippen LogP contribution in [0.5, 0.6) is 0 Å². The molecule has 0 radical (unpaired) electrons. The number of hydrogen-bond donors (Lipinski definition) is 1. The minimum atomic E-state index is -4.02. The summed E-state index contributed by atoms with van der Waals surface area (Å²) in [6.45, 7) is 4.86. The quantitative estimate of drug-likeness (QED) is 0.812. The highest BCUT2D eigenvalue weighted by Crippen LogP contribution is 2.31. The van der Waals surface area contributed by atoms with E-state index in [1.807, 2.05) is 0 Å². The van der Waals surface area contributed by atoms with Crippen LogP contribution in [0.2, 0.25) is 0 Å². The third kappa shape index (κ3) is 4.30. The second kappa shape index (κ2) is 7.68. The summed E-state index contributed by atoms with van der Waals surface area (Å²) in [5, 5.41) is 0. The maximum Gasteiger partial charge on any atom is 0.264 e. The Bertz CT molecular complexity index is 957. The maximum atomic E-state index is 13.8. The lowest BCUT2D eigenvalue weighted by Gasteiger charge is -2.30. The van der Waals surface area contributed by atoms with Gasteiger partial charge < -0.3 is 4.90 Å². The molecular formula is C20H23FN2O3S. The van der Waals surface area contributed by atoms with Crippen molar-refractivity contribution in [2.45, 2.75) is 38.0 Å². The van der Waals surface area contributed by atoms with Gasteiger partial charge in [0.25, 0.3) is 10.0 Å². The molecule has 0 spiro atoms. The molecule has 0 aromatic heterocycles. The number of benzene rings is 2. The molecule has 0 saturated heterocycles. The smallest absolute Gasteiger partial charge is 0.264 e. The van der Waals surface area contributed by atoms with Gasteiger partial charge in [-0.05, 0) is 54.7 Å². The molecule has 0 saturated carbocycles. The highest BCUT2D eigenvalue weighted by Gasteiger charge is 2.25. The van der Waals surface area contributed by atoms with Crippen LogP contribution in [0.1, 0.15) is 32.3 Å². The van der Waals surface area contributed by atoms with Crippen LogP contribution < -0.4 is 9.62 Å². The van der Waals surface area contributed by atoms with Crippen molar-refractivity contribution in [1.29, 1.82) is 0 Å². The fourth-order valence-electron chi connectivity index (χ4n) is 3.13. The van der Waals surface area contributed by atoms with Crippen LogP contribution in [-0.2, 0) is 21.2 Å². The van der Waals surface area contributed by atoms with E-state index in [0.717, 1.165) is 23.7 Å². The fourth-order valence-corrected chi connectivity index (χ4v) is 4.26. The van der Waals surface area contributed by atoms with E-state index in [1.54, 1.807) is 23.1 Å². The second-order valence-corrected chi connectivity index (χ2v) is 8.76. The van der Waals surface area contributed by atoms with Crippen molar-refractivity contribution in [2.24, 2.45) is 5.92 Å². The van der Waals surface area contributed by atoms with E-state index < -0.39 is 20.7 Å². The Morgan fingerprint density at radius 1 is 1.15 bits per heavy atom. The van der Waals surface area contributed by atoms with Crippen molar-refractivity contribution < 1.29 is 17.6 Å². The minimum absolute atomic E-state index is 0.0860. The maximum absolute atomic E-state index is 13.8. The molecule has 3 rings (SSSR count). The third-order valence-electron chi connectivity index (χ3n) is 4.59. The lowest BCUT2D eigenvalue weighted by Crippen LogP contribution is -2.36. The molecule has 5 nitrogen and oxygen atoms in total. The van der Waals surface area contributed by atoms with Gasteiger partial charge in [-0.3, -0.25) is 9.52 Å². The largest absolute Gasteiger partial charge is 0.312 e. The standard InChI is InChI=1S/C20H23FN2O3S/c1-14(2)11-12-23-18-9-8-16(13-15(18)7-10-20(23)24)22-27(25,26)19-6-4-3-5-17(19)21/h3-6,8-9,13-14,22H,7,10-12H2,1-2H3. The predicted octanol–water partition coefficient (Wildman–Crippen LogP) is 3.95. The van der Waals surface area contributed by atoms with E-state index in [9.17, 15) is 17.6 Å². The molecule has 7 heteroatoms. The summed E-state index contributed by atoms with van der Waals surface area (Å²) in [4.78, 5) is 13.7. The van der Waals surface area contributed by atoms with Gasteiger partial charge in [0.05, 0.1) is 0 Å². The van der Waals surface area contributed by atoms with Crippen LogP contribution in [0.15, 0.2) is 47.4 Å². The first-order chi connectivity index (χ1) is 12.8. The van der Waals surface area contributed by atoms with Crippen LogP contribution in [0.4, 0.5) is 15.8 Å². The number of aryl methyl sites for hydroxylation is 1. The van der Waals surface area contributed by atoms with Gasteiger partial charge in [0.15, 0.2) is 0 Å². The van der Waals surface area contributed by atoms with E-state index in [1.165, 1.54) is 18.2 Å². The van der Waals surface area contributed by atoms with Crippen LogP contribution >= 0.6 is 0 Å². The Balaban J connectivity index is 1.86. The molecule has 27 heavy (non-hydrogen) atoms. The summed E-state index contributed by atoms with van der Waals surface area (Å²) in [5.74, 6) is -0.230. The van der Waals surface area contributed by atoms with Gasteiger partial charge in [-0.1, -0.05) is 26.0 Å². The Labute approximate surface area is 159 Å². The Morgan fingerprint density at radius 2 is 1.89 bits per heavy atom. The van der Waals surface area contributed by atoms with Gasteiger partial charge in [0.2, 0.25) is 5.91 Å². The van der Waals surface area contributed by atoms with Gasteiger partial charge in [-0.25, -0.2) is 12.8 Å². The third-order valence-corrected chi connectivity index (χ3v) is 6.00. The molecule has 0 atom stereocenters. The highest BCUT2D eigenvalue weighted by molar-refractivity contribution is 7.92. The molecular weight excluding hydrogens is 367 g/mol. The van der Waals surface area contributed by atoms with Gasteiger partial charge >= 0.3 is 0 Å². The summed E-state index contributed by atoms with van der Waals surface area (Å²) >= 11 is 0. The van der Waals surface area contributed by atoms with E-state index in [0.29, 0.717) is 31.0 Å². The summed E-state index contributed by atoms with van der Waals surface area (Å²) in [7, 11) is -4.02. The number of sulfonamides is 1. The molecule has 2 aromatic rings. The number of halogens is 1. The molecule has 144 valence electrons. The van der Waals surface area contributed by atoms with Crippen molar-refractivity contribution in [1.82, 2.24) is 0 Å². The molecule has 1 N–H and O–H groups in total. The summed E-state index contributed by atoms with van der Waals surface area (Å²) in [5.41, 5.74) is 2.09. The lowest BCUT2D eigenvalue weighted by molar-refractivity contribution is -0.118. The number of rotatable bonds is 6. The zero-order valence-electron chi connectivity index (χ0n) is 15.4. The SMILES string of the molecule is CC(C)CCN1C(=O)CCc2cc(NS(=O)(=O)c3ccccc3F)ccc21. The molecule has 0 aliphatic carbocycles. The van der Waals surface area contributed by atoms with Crippen molar-refractivity contribution in [3.05, 3.63) is 53.8 Å². The van der Waals surface area contributed by atoms with Crippen molar-refractivity contribution in [3.8, 4) is 0 Å². The van der Waals surface area contributed by atoms with E-state index in [4.69, 9.17) is 0 Å². The summed E-state index contributed by atoms with van der Waals surface area (Å²) in [6, 6.07) is 10.3. The van der Waals surface area contributed by atoms with Gasteiger partial charge in [0.1, 0.15) is 10.7 Å². The summed E-state index contributed by atoms with van der Waals surface area (Å²) in [6.07, 6.45) is 1.85. The molecule has 2 aromatic carbocycles. The van der Waals surface area contributed by atoms with Crippen LogP contribution in [-0.4, -0.2) is 20.9 Å². The van der Waals surface area contributed by atoms with E-state index in [2.05, 4.69) is 18.6 Å². The first-order valence-corrected chi connectivity index (χ1v) is 10.5. The van der Waals surface area contributed by atoms with Crippen LogP contribution in [0, 0.1) is 11.7 Å². The van der Waals surface area contributed by atoms with Crippen molar-refractivity contribution in [3.63, 3.8) is 0 Å². The number of anilines is 2. The molecule has 1 aliphatic heterocycles. The monoisotopic (exact) mass is 390 g/mol. The lowest BCUT2D eigenvalue weighted by atomic mass is 9.99. The zero-order valence-corrected chi connectivity index (χ0v) is 16.2. The minimum Gasteiger partial charge on any atom is -0.312 e. The molecule has 0 fully saturated rings. The Morgan fingerprint density at radius 3 is 2.59 bits per heavy atom. The zero-order chi connectivity index (χ0) is 19.6. The van der Waals surface area contributed by atoms with Gasteiger partial charge in [-0.2, -0.15) is 0 Å². The number of hydrogen-bond acceptors (Lipinski definition) is 3. The van der Waals surface area contributed by atoms with Crippen molar-refractivity contribution >= 4 is 27.3 Å². The van der Waals surface area contributed by atoms with Gasteiger partial charge in [-0.15, -0.1) is 0 Å². The predicted molar refractivity (Wildman–Crippen MR) is 104 cm³/mol. The number of fused-ring (bicyclic) bond motifs is 1. The topological polar surface area (TPSA) is 66.5 Å². The van der Waals surface area contributed by atoms with Crippen molar-refractivity contribution in [2.75, 3.05) is 16.2 Å². The van der Waals surface area contributed by atoms with Gasteiger partial charge in [0, 0.05) is 24.3 Å². The molecule has 1 amide bonds. The highest BCUT2D eigenvalue weighted by atomic mass is 32.2. The fraction of sp³-hybridized carbons (Fsp3) is 0.350. The molecule has 1 aliphatic rings. The van der Waals surface area contributed by atoms with E-state index >= 15 is 0 Å². The average molecular weight is 390 g/mol. The number of carbonyl (C=O) groups excluding carboxylic acids is 1. The average Bonchev–Trinajstić information content (AvgIpc) is 2.60. The Hall–Kier alpha value is -2.41. The molecule has 1 heterocycles. The molecule has 0 unspecified atom stereocenters. The number of nitrogens with zero attached hydrogens (tertiary/aromatic N) is 1. The van der Waals surface area contributed by atoms with Crippen LogP contribution in [0.25, 0.3) is 0 Å². The summed E-state index contributed by atoms with van der Waals surface area (Å²) < 4.78 is 41.2. The molecule has 0 bridgehead atoms. The first kappa shape index (κ1) is 19.4. The van der Waals surface area contributed by atoms with E-state index in [-0.39, 0.29) is 5.91 Å². The normalized spacial score (nSPS) is 14.4. The second-order valence-electron chi connectivity index (χ2n) is 7.11. The number of carbonyl (C=O) groups is 1. The number of amides is 1. The van der Waals surface area contributed by atoms with Crippen LogP contribution in [0.3, 0.4) is 0 Å².